The van der Waals surface area contributed by atoms with Crippen LogP contribution in [0.1, 0.15) is 63.8 Å². The first-order chi connectivity index (χ1) is 16.0. The highest BCUT2D eigenvalue weighted by molar-refractivity contribution is 6.06. The van der Waals surface area contributed by atoms with Crippen LogP contribution in [0.25, 0.3) is 21.9 Å². The van der Waals surface area contributed by atoms with Crippen LogP contribution in [0.4, 0.5) is 5.82 Å². The zero-order valence-electron chi connectivity index (χ0n) is 20.5. The molecule has 0 aliphatic carbocycles. The van der Waals surface area contributed by atoms with Crippen LogP contribution in [0.5, 0.6) is 0 Å². The molecule has 0 saturated carbocycles. The molecule has 0 fully saturated rings. The molecule has 0 aliphatic heterocycles. The number of nitrogens with zero attached hydrogens (tertiary/aromatic N) is 3. The fourth-order valence-corrected chi connectivity index (χ4v) is 4.01. The minimum absolute atomic E-state index is 0.181. The third-order valence-electron chi connectivity index (χ3n) is 6.05. The predicted octanol–water partition coefficient (Wildman–Crippen LogP) is 4.68. The molecule has 2 heterocycles. The smallest absolute Gasteiger partial charge is 0.150 e. The molecule has 0 bridgehead atoms. The van der Waals surface area contributed by atoms with Crippen molar-refractivity contribution in [2.75, 3.05) is 39.1 Å². The van der Waals surface area contributed by atoms with Gasteiger partial charge >= 0.3 is 0 Å². The van der Waals surface area contributed by atoms with Gasteiger partial charge in [-0.25, -0.2) is 9.97 Å². The van der Waals surface area contributed by atoms with Crippen molar-refractivity contribution < 1.29 is 9.53 Å². The van der Waals surface area contributed by atoms with E-state index in [4.69, 9.17) is 15.5 Å². The van der Waals surface area contributed by atoms with E-state index < -0.39 is 0 Å². The molecule has 0 atom stereocenters. The fourth-order valence-electron chi connectivity index (χ4n) is 4.01. The van der Waals surface area contributed by atoms with Crippen LogP contribution in [0.2, 0.25) is 0 Å². The van der Waals surface area contributed by atoms with Gasteiger partial charge in [-0.2, -0.15) is 0 Å². The number of H-pyrrole nitrogens is 1. The summed E-state index contributed by atoms with van der Waals surface area (Å²) < 4.78 is 5.51. The average molecular weight is 454 g/mol. The Labute approximate surface area is 197 Å². The van der Waals surface area contributed by atoms with Crippen LogP contribution >= 0.6 is 0 Å². The first-order valence-corrected chi connectivity index (χ1v) is 12.3. The van der Waals surface area contributed by atoms with E-state index in [1.54, 1.807) is 6.92 Å². The summed E-state index contributed by atoms with van der Waals surface area (Å²) in [6.07, 6.45) is 8.25. The van der Waals surface area contributed by atoms with Crippen molar-refractivity contribution in [3.63, 3.8) is 0 Å². The third-order valence-corrected chi connectivity index (χ3v) is 6.05. The second-order valence-electron chi connectivity index (χ2n) is 9.04. The summed E-state index contributed by atoms with van der Waals surface area (Å²) >= 11 is 0. The number of ketones is 1. The number of nitrogens with one attached hydrogen (secondary N) is 1. The number of carbonyl (C=O) groups is 1. The first kappa shape index (κ1) is 25.1. The molecular formula is C26H39N5O2. The molecule has 180 valence electrons. The molecule has 1 aromatic carbocycles. The summed E-state index contributed by atoms with van der Waals surface area (Å²) in [5, 5.41) is 1.08. The number of aromatic nitrogens is 3. The Morgan fingerprint density at radius 3 is 2.73 bits per heavy atom. The van der Waals surface area contributed by atoms with Crippen LogP contribution in [0.15, 0.2) is 18.2 Å². The summed E-state index contributed by atoms with van der Waals surface area (Å²) in [5.41, 5.74) is 10.2. The van der Waals surface area contributed by atoms with Gasteiger partial charge in [0, 0.05) is 24.8 Å². The lowest BCUT2D eigenvalue weighted by molar-refractivity contribution is -0.118. The van der Waals surface area contributed by atoms with E-state index in [9.17, 15) is 4.79 Å². The number of nitrogens with two attached hydrogens (primary N) is 1. The number of aromatic amines is 1. The molecule has 7 nitrogen and oxygen atoms in total. The number of carbonyl (C=O) groups excluding carboxylic acids is 1. The van der Waals surface area contributed by atoms with Gasteiger partial charge in [-0.05, 0) is 63.9 Å². The van der Waals surface area contributed by atoms with Crippen molar-refractivity contribution in [2.24, 2.45) is 0 Å². The Morgan fingerprint density at radius 1 is 1.09 bits per heavy atom. The number of benzene rings is 1. The lowest BCUT2D eigenvalue weighted by atomic mass is 10.0. The number of hydrogen-bond donors (Lipinski definition) is 2. The monoisotopic (exact) mass is 453 g/mol. The maximum absolute atomic E-state index is 10.9. The highest BCUT2D eigenvalue weighted by Gasteiger charge is 2.12. The fraction of sp³-hybridized carbons (Fsp3) is 0.577. The van der Waals surface area contributed by atoms with E-state index in [1.165, 1.54) is 18.4 Å². The van der Waals surface area contributed by atoms with Gasteiger partial charge in [0.1, 0.15) is 28.5 Å². The van der Waals surface area contributed by atoms with Crippen LogP contribution < -0.4 is 5.73 Å². The van der Waals surface area contributed by atoms with E-state index in [0.717, 1.165) is 73.0 Å². The van der Waals surface area contributed by atoms with Gasteiger partial charge in [0.15, 0.2) is 0 Å². The summed E-state index contributed by atoms with van der Waals surface area (Å²) in [7, 11) is 2.13. The molecule has 0 aliphatic rings. The topological polar surface area (TPSA) is 97.1 Å². The van der Waals surface area contributed by atoms with E-state index in [2.05, 4.69) is 47.0 Å². The number of anilines is 1. The lowest BCUT2D eigenvalue weighted by Gasteiger charge is -2.16. The molecule has 2 aromatic heterocycles. The Hall–Kier alpha value is -2.51. The van der Waals surface area contributed by atoms with Gasteiger partial charge in [0.2, 0.25) is 0 Å². The van der Waals surface area contributed by atoms with Gasteiger partial charge in [0.05, 0.1) is 18.7 Å². The minimum atomic E-state index is 0.181. The highest BCUT2D eigenvalue weighted by Crippen LogP contribution is 2.27. The van der Waals surface area contributed by atoms with Crippen LogP contribution in [-0.4, -0.2) is 59.0 Å². The number of fused-ring (bicyclic) bond motifs is 3. The molecule has 0 spiro atoms. The van der Waals surface area contributed by atoms with E-state index in [-0.39, 0.29) is 5.78 Å². The molecule has 3 rings (SSSR count). The second-order valence-corrected chi connectivity index (χ2v) is 9.04. The Bertz CT molecular complexity index is 1050. The number of likely N-dealkylation sites (N-methyl/N-ethyl adjacent to an activating group) is 1. The number of hydrogen-bond acceptors (Lipinski definition) is 6. The standard InChI is InChI=1S/C26H39N5O2/c1-4-5-10-23-29-24-21-18-20(11-12-22(21)28-26(27)25(24)30-23)9-7-6-8-14-31(3)15-17-33-16-13-19(2)32/h11-12,18H,4-10,13-17H2,1-3H3,(H2,27,28)(H,29,30). The number of nitrogen functional groups attached to an aromatic ring is 1. The van der Waals surface area contributed by atoms with Crippen LogP contribution in [-0.2, 0) is 22.4 Å². The molecule has 0 unspecified atom stereocenters. The number of unbranched alkanes of at least 4 members (excludes halogenated alkanes) is 3. The molecule has 0 radical (unpaired) electrons. The number of rotatable bonds is 15. The highest BCUT2D eigenvalue weighted by atomic mass is 16.5. The Kier molecular flexibility index (Phi) is 9.63. The van der Waals surface area contributed by atoms with E-state index in [1.807, 2.05) is 0 Å². The first-order valence-electron chi connectivity index (χ1n) is 12.3. The maximum Gasteiger partial charge on any atom is 0.150 e. The quantitative estimate of drug-likeness (QED) is 0.324. The van der Waals surface area contributed by atoms with Gasteiger partial charge in [0.25, 0.3) is 0 Å². The molecule has 7 heteroatoms. The van der Waals surface area contributed by atoms with E-state index >= 15 is 0 Å². The van der Waals surface area contributed by atoms with Gasteiger partial charge in [-0.3, -0.25) is 4.79 Å². The van der Waals surface area contributed by atoms with E-state index in [0.29, 0.717) is 25.5 Å². The zero-order valence-corrected chi connectivity index (χ0v) is 20.5. The van der Waals surface area contributed by atoms with Crippen molar-refractivity contribution >= 4 is 33.5 Å². The summed E-state index contributed by atoms with van der Waals surface area (Å²) in [6, 6.07) is 6.47. The number of Topliss-reactive ketones (excluding diaryl/α,β-unsaturated/α-hetero) is 1. The Balaban J connectivity index is 1.48. The third kappa shape index (κ3) is 7.51. The molecule has 3 aromatic rings. The van der Waals surface area contributed by atoms with Gasteiger partial charge < -0.3 is 20.4 Å². The number of pyridine rings is 1. The number of ether oxygens (including phenoxy) is 1. The largest absolute Gasteiger partial charge is 0.382 e. The maximum atomic E-state index is 10.9. The zero-order chi connectivity index (χ0) is 23.6. The van der Waals surface area contributed by atoms with Crippen LogP contribution in [0, 0.1) is 0 Å². The second kappa shape index (κ2) is 12.7. The predicted molar refractivity (Wildman–Crippen MR) is 136 cm³/mol. The number of imidazole rings is 1. The lowest BCUT2D eigenvalue weighted by Crippen LogP contribution is -2.24. The SMILES string of the molecule is CCCCc1nc2c([nH]1)c(N)nc1ccc(CCCCCN(C)CCOCCC(C)=O)cc12. The molecular weight excluding hydrogens is 414 g/mol. The molecule has 0 saturated heterocycles. The normalized spacial score (nSPS) is 11.8. The van der Waals surface area contributed by atoms with Crippen molar-refractivity contribution in [3.8, 4) is 0 Å². The number of aryl methyl sites for hydroxylation is 2. The van der Waals surface area contributed by atoms with Gasteiger partial charge in [-0.1, -0.05) is 25.8 Å². The summed E-state index contributed by atoms with van der Waals surface area (Å²) in [5.74, 6) is 1.70. The molecule has 3 N–H and O–H groups in total. The molecule has 0 amide bonds. The van der Waals surface area contributed by atoms with Crippen LogP contribution in [0.3, 0.4) is 0 Å². The molecule has 33 heavy (non-hydrogen) atoms. The van der Waals surface area contributed by atoms with Crippen molar-refractivity contribution in [2.45, 2.75) is 65.2 Å². The van der Waals surface area contributed by atoms with Crippen molar-refractivity contribution in [1.29, 1.82) is 0 Å². The average Bonchev–Trinajstić information content (AvgIpc) is 3.22. The van der Waals surface area contributed by atoms with Crippen molar-refractivity contribution in [3.05, 3.63) is 29.6 Å². The summed E-state index contributed by atoms with van der Waals surface area (Å²) in [4.78, 5) is 26.0. The Morgan fingerprint density at radius 2 is 1.94 bits per heavy atom. The summed E-state index contributed by atoms with van der Waals surface area (Å²) in [6.45, 7) is 6.96. The van der Waals surface area contributed by atoms with Gasteiger partial charge in [-0.15, -0.1) is 0 Å². The van der Waals surface area contributed by atoms with Crippen molar-refractivity contribution in [1.82, 2.24) is 19.9 Å². The minimum Gasteiger partial charge on any atom is -0.382 e.